The number of hydrogen-bond donors (Lipinski definition) is 0. The van der Waals surface area contributed by atoms with E-state index in [2.05, 4.69) is 9.97 Å². The molecule has 0 spiro atoms. The van der Waals surface area contributed by atoms with Crippen molar-refractivity contribution in [1.29, 1.82) is 0 Å². The zero-order valence-corrected chi connectivity index (χ0v) is 13.8. The van der Waals surface area contributed by atoms with Crippen LogP contribution in [0.5, 0.6) is 0 Å². The summed E-state index contributed by atoms with van der Waals surface area (Å²) in [6.07, 6.45) is 0. The van der Waals surface area contributed by atoms with Gasteiger partial charge in [0, 0.05) is 25.7 Å². The lowest BCUT2D eigenvalue weighted by Crippen LogP contribution is -2.56. The van der Waals surface area contributed by atoms with Crippen LogP contribution in [-0.4, -0.2) is 57.8 Å². The second-order valence-corrected chi connectivity index (χ2v) is 6.03. The van der Waals surface area contributed by atoms with E-state index in [1.54, 1.807) is 35.9 Å². The lowest BCUT2D eigenvalue weighted by atomic mass is 10.1. The Hall–Kier alpha value is -2.50. The van der Waals surface area contributed by atoms with Crippen molar-refractivity contribution in [3.8, 4) is 0 Å². The number of amides is 2. The average Bonchev–Trinajstić information content (AvgIpc) is 2.53. The molecule has 0 radical (unpaired) electrons. The maximum atomic E-state index is 12.8. The molecule has 1 fully saturated rings. The summed E-state index contributed by atoms with van der Waals surface area (Å²) in [5.74, 6) is -0.169. The molecule has 0 N–H and O–H groups in total. The smallest absolute Gasteiger partial charge is 0.254 e. The lowest BCUT2D eigenvalue weighted by molar-refractivity contribution is -0.137. The molecule has 0 saturated carbocycles. The average molecular weight is 312 g/mol. The molecule has 2 aromatic rings. The minimum Gasteiger partial charge on any atom is -0.342 e. The van der Waals surface area contributed by atoms with Crippen molar-refractivity contribution >= 4 is 22.8 Å². The molecule has 2 amide bonds. The van der Waals surface area contributed by atoms with Crippen molar-refractivity contribution < 1.29 is 9.59 Å². The van der Waals surface area contributed by atoms with Gasteiger partial charge in [0.1, 0.15) is 6.04 Å². The van der Waals surface area contributed by atoms with Gasteiger partial charge in [0.15, 0.2) is 0 Å². The number of carbonyl (C=O) groups excluding carboxylic acids is 2. The normalized spacial score (nSPS) is 18.6. The first-order valence-electron chi connectivity index (χ1n) is 7.69. The summed E-state index contributed by atoms with van der Waals surface area (Å²) in [5, 5.41) is 0. The Balaban J connectivity index is 1.95. The fourth-order valence-electron chi connectivity index (χ4n) is 2.82. The van der Waals surface area contributed by atoms with Crippen LogP contribution in [0.2, 0.25) is 0 Å². The van der Waals surface area contributed by atoms with Crippen LogP contribution < -0.4 is 0 Å². The summed E-state index contributed by atoms with van der Waals surface area (Å²) in [6, 6.07) is 4.88. The molecule has 6 heteroatoms. The summed E-state index contributed by atoms with van der Waals surface area (Å²) < 4.78 is 0. The molecule has 2 heterocycles. The summed E-state index contributed by atoms with van der Waals surface area (Å²) in [6.45, 7) is 6.68. The number of rotatable bonds is 1. The van der Waals surface area contributed by atoms with Crippen molar-refractivity contribution in [2.45, 2.75) is 26.8 Å². The lowest BCUT2D eigenvalue weighted by Gasteiger charge is -2.37. The molecule has 0 aliphatic carbocycles. The summed E-state index contributed by atoms with van der Waals surface area (Å²) in [5.41, 5.74) is 3.75. The van der Waals surface area contributed by atoms with Gasteiger partial charge in [-0.2, -0.15) is 0 Å². The highest BCUT2D eigenvalue weighted by atomic mass is 16.2. The highest BCUT2D eigenvalue weighted by Crippen LogP contribution is 2.18. The zero-order valence-electron chi connectivity index (χ0n) is 13.8. The van der Waals surface area contributed by atoms with Crippen molar-refractivity contribution in [3.63, 3.8) is 0 Å². The Kier molecular flexibility index (Phi) is 3.75. The van der Waals surface area contributed by atoms with E-state index in [-0.39, 0.29) is 11.8 Å². The van der Waals surface area contributed by atoms with Crippen molar-refractivity contribution in [2.24, 2.45) is 0 Å². The standard InChI is InChI=1S/C17H20N4O2/c1-10-11(2)19-15-9-13(5-6-14(15)18-10)17(23)21-8-7-20(4)16(22)12(21)3/h5-6,9,12H,7-8H2,1-4H3. The van der Waals surface area contributed by atoms with Gasteiger partial charge < -0.3 is 9.80 Å². The molecule has 6 nitrogen and oxygen atoms in total. The molecule has 3 rings (SSSR count). The van der Waals surface area contributed by atoms with Crippen LogP contribution in [0, 0.1) is 13.8 Å². The van der Waals surface area contributed by atoms with E-state index in [1.165, 1.54) is 0 Å². The minimum atomic E-state index is -0.442. The first-order valence-corrected chi connectivity index (χ1v) is 7.69. The minimum absolute atomic E-state index is 0.0309. The van der Waals surface area contributed by atoms with E-state index < -0.39 is 6.04 Å². The SMILES string of the molecule is Cc1nc2ccc(C(=O)N3CCN(C)C(=O)C3C)cc2nc1C. The zero-order chi connectivity index (χ0) is 16.7. The van der Waals surface area contributed by atoms with Crippen LogP contribution in [0.3, 0.4) is 0 Å². The molecule has 120 valence electrons. The third kappa shape index (κ3) is 2.65. The number of likely N-dealkylation sites (N-methyl/N-ethyl adjacent to an activating group) is 1. The Bertz CT molecular complexity index is 803. The molecular weight excluding hydrogens is 292 g/mol. The molecule has 23 heavy (non-hydrogen) atoms. The molecule has 1 aliphatic rings. The van der Waals surface area contributed by atoms with Crippen LogP contribution in [0.25, 0.3) is 11.0 Å². The topological polar surface area (TPSA) is 66.4 Å². The molecule has 1 aliphatic heterocycles. The fourth-order valence-corrected chi connectivity index (χ4v) is 2.82. The second kappa shape index (κ2) is 5.61. The van der Waals surface area contributed by atoms with Gasteiger partial charge in [-0.1, -0.05) is 0 Å². The van der Waals surface area contributed by atoms with Crippen LogP contribution in [-0.2, 0) is 4.79 Å². The first-order chi connectivity index (χ1) is 10.9. The number of hydrogen-bond acceptors (Lipinski definition) is 4. The van der Waals surface area contributed by atoms with Gasteiger partial charge >= 0.3 is 0 Å². The van der Waals surface area contributed by atoms with Crippen molar-refractivity contribution in [3.05, 3.63) is 35.2 Å². The fraction of sp³-hybridized carbons (Fsp3) is 0.412. The van der Waals surface area contributed by atoms with Crippen LogP contribution in [0.4, 0.5) is 0 Å². The Morgan fingerprint density at radius 3 is 2.48 bits per heavy atom. The van der Waals surface area contributed by atoms with Gasteiger partial charge in [-0.25, -0.2) is 9.97 Å². The highest BCUT2D eigenvalue weighted by molar-refractivity contribution is 6.00. The number of fused-ring (bicyclic) bond motifs is 1. The molecule has 1 unspecified atom stereocenters. The summed E-state index contributed by atoms with van der Waals surface area (Å²) in [7, 11) is 1.76. The van der Waals surface area contributed by atoms with E-state index in [0.29, 0.717) is 24.2 Å². The highest BCUT2D eigenvalue weighted by Gasteiger charge is 2.33. The molecule has 1 aromatic heterocycles. The molecule has 1 atom stereocenters. The Morgan fingerprint density at radius 2 is 1.78 bits per heavy atom. The summed E-state index contributed by atoms with van der Waals surface area (Å²) in [4.78, 5) is 37.1. The third-order valence-electron chi connectivity index (χ3n) is 4.46. The molecule has 0 bridgehead atoms. The van der Waals surface area contributed by atoms with E-state index in [0.717, 1.165) is 16.9 Å². The van der Waals surface area contributed by atoms with Gasteiger partial charge in [0.2, 0.25) is 5.91 Å². The maximum absolute atomic E-state index is 12.8. The van der Waals surface area contributed by atoms with E-state index >= 15 is 0 Å². The van der Waals surface area contributed by atoms with E-state index in [9.17, 15) is 9.59 Å². The monoisotopic (exact) mass is 312 g/mol. The predicted molar refractivity (Wildman–Crippen MR) is 87.1 cm³/mol. The van der Waals surface area contributed by atoms with Crippen LogP contribution in [0.1, 0.15) is 28.7 Å². The largest absolute Gasteiger partial charge is 0.342 e. The van der Waals surface area contributed by atoms with Crippen molar-refractivity contribution in [2.75, 3.05) is 20.1 Å². The predicted octanol–water partition coefficient (Wildman–Crippen LogP) is 1.55. The molecule has 1 saturated heterocycles. The number of aromatic nitrogens is 2. The van der Waals surface area contributed by atoms with Gasteiger partial charge in [-0.05, 0) is 39.0 Å². The third-order valence-corrected chi connectivity index (χ3v) is 4.46. The van der Waals surface area contributed by atoms with Gasteiger partial charge in [0.25, 0.3) is 5.91 Å². The van der Waals surface area contributed by atoms with E-state index in [1.807, 2.05) is 19.9 Å². The Labute approximate surface area is 135 Å². The van der Waals surface area contributed by atoms with Crippen LogP contribution in [0.15, 0.2) is 18.2 Å². The van der Waals surface area contributed by atoms with Gasteiger partial charge in [0.05, 0.1) is 22.4 Å². The molecular formula is C17H20N4O2. The number of piperazine rings is 1. The maximum Gasteiger partial charge on any atom is 0.254 e. The quantitative estimate of drug-likeness (QED) is 0.801. The van der Waals surface area contributed by atoms with Gasteiger partial charge in [-0.3, -0.25) is 9.59 Å². The number of carbonyl (C=O) groups is 2. The van der Waals surface area contributed by atoms with Gasteiger partial charge in [-0.15, -0.1) is 0 Å². The Morgan fingerprint density at radius 1 is 1.13 bits per heavy atom. The summed E-state index contributed by atoms with van der Waals surface area (Å²) >= 11 is 0. The molecule has 1 aromatic carbocycles. The van der Waals surface area contributed by atoms with Crippen LogP contribution >= 0.6 is 0 Å². The number of nitrogens with zero attached hydrogens (tertiary/aromatic N) is 4. The second-order valence-electron chi connectivity index (χ2n) is 6.03. The van der Waals surface area contributed by atoms with E-state index in [4.69, 9.17) is 0 Å². The number of aryl methyl sites for hydroxylation is 2. The number of benzene rings is 1. The van der Waals surface area contributed by atoms with Crippen molar-refractivity contribution in [1.82, 2.24) is 19.8 Å². The first kappa shape index (κ1) is 15.4.